The summed E-state index contributed by atoms with van der Waals surface area (Å²) in [6, 6.07) is 10.8. The van der Waals surface area contributed by atoms with Crippen molar-refractivity contribution in [3.63, 3.8) is 0 Å². The third-order valence-electron chi connectivity index (χ3n) is 3.64. The first-order valence-corrected chi connectivity index (χ1v) is 10.3. The number of carbonyl (C=O) groups is 2. The fraction of sp³-hybridized carbons (Fsp3) is 0. The number of benzene rings is 2. The van der Waals surface area contributed by atoms with Crippen LogP contribution in [0.4, 0.5) is 14.5 Å². The van der Waals surface area contributed by atoms with Crippen LogP contribution in [-0.4, -0.2) is 20.2 Å². The van der Waals surface area contributed by atoms with E-state index in [1.54, 1.807) is 17.5 Å². The molecule has 0 bridgehead atoms. The normalized spacial score (nSPS) is 11.0. The van der Waals surface area contributed by atoms with E-state index in [1.807, 2.05) is 0 Å². The van der Waals surface area contributed by atoms with Crippen LogP contribution in [0.1, 0.15) is 20.0 Å². The van der Waals surface area contributed by atoms with Gasteiger partial charge < -0.3 is 0 Å². The average molecular weight is 437 g/mol. The van der Waals surface area contributed by atoms with Crippen LogP contribution in [0, 0.1) is 11.6 Å². The molecule has 29 heavy (non-hydrogen) atoms. The molecule has 2 amide bonds. The van der Waals surface area contributed by atoms with Gasteiger partial charge in [0.2, 0.25) is 0 Å². The fourth-order valence-electron chi connectivity index (χ4n) is 2.20. The van der Waals surface area contributed by atoms with Gasteiger partial charge in [0, 0.05) is 11.3 Å². The van der Waals surface area contributed by atoms with Crippen molar-refractivity contribution in [3.8, 4) is 0 Å². The van der Waals surface area contributed by atoms with Gasteiger partial charge >= 0.3 is 0 Å². The molecule has 0 fully saturated rings. The molecule has 3 aromatic rings. The zero-order valence-corrected chi connectivity index (χ0v) is 16.1. The molecule has 0 saturated heterocycles. The van der Waals surface area contributed by atoms with Crippen molar-refractivity contribution in [1.29, 1.82) is 0 Å². The highest BCUT2D eigenvalue weighted by Crippen LogP contribution is 2.18. The molecule has 0 unspecified atom stereocenters. The molecule has 7 nitrogen and oxygen atoms in total. The Morgan fingerprint density at radius 3 is 2.17 bits per heavy atom. The Hall–Kier alpha value is -3.31. The Bertz CT molecular complexity index is 1150. The highest BCUT2D eigenvalue weighted by molar-refractivity contribution is 7.92. The summed E-state index contributed by atoms with van der Waals surface area (Å²) in [5.74, 6) is -3.52. The Morgan fingerprint density at radius 2 is 1.55 bits per heavy atom. The van der Waals surface area contributed by atoms with Gasteiger partial charge in [0.15, 0.2) is 11.6 Å². The summed E-state index contributed by atoms with van der Waals surface area (Å²) in [5, 5.41) is 1.72. The summed E-state index contributed by atoms with van der Waals surface area (Å²) in [7, 11) is -4.15. The molecule has 0 atom stereocenters. The van der Waals surface area contributed by atoms with Crippen molar-refractivity contribution in [3.05, 3.63) is 82.1 Å². The topological polar surface area (TPSA) is 104 Å². The highest BCUT2D eigenvalue weighted by Gasteiger charge is 2.17. The van der Waals surface area contributed by atoms with Gasteiger partial charge in [-0.05, 0) is 53.9 Å². The first kappa shape index (κ1) is 20.4. The molecule has 0 aliphatic rings. The molecule has 2 aromatic carbocycles. The van der Waals surface area contributed by atoms with E-state index in [0.717, 1.165) is 6.07 Å². The number of nitrogens with one attached hydrogen (secondary N) is 3. The Morgan fingerprint density at radius 1 is 0.862 bits per heavy atom. The Labute approximate surface area is 168 Å². The maximum absolute atomic E-state index is 13.3. The van der Waals surface area contributed by atoms with Gasteiger partial charge in [-0.3, -0.25) is 25.2 Å². The van der Waals surface area contributed by atoms with E-state index in [-0.39, 0.29) is 11.3 Å². The predicted octanol–water partition coefficient (Wildman–Crippen LogP) is 2.90. The van der Waals surface area contributed by atoms with Crippen LogP contribution < -0.4 is 15.6 Å². The third-order valence-corrected chi connectivity index (χ3v) is 5.88. The minimum Gasteiger partial charge on any atom is -0.280 e. The Balaban J connectivity index is 1.64. The maximum Gasteiger partial charge on any atom is 0.279 e. The summed E-state index contributed by atoms with van der Waals surface area (Å²) in [4.78, 5) is 23.8. The van der Waals surface area contributed by atoms with E-state index in [1.165, 1.54) is 35.6 Å². The number of amides is 2. The SMILES string of the molecule is O=C(NNC(=O)c1cccs1)c1ccc(NS(=O)(=O)c2ccc(F)c(F)c2)cc1. The molecule has 11 heteroatoms. The summed E-state index contributed by atoms with van der Waals surface area (Å²) < 4.78 is 52.9. The van der Waals surface area contributed by atoms with E-state index in [2.05, 4.69) is 15.6 Å². The van der Waals surface area contributed by atoms with Gasteiger partial charge in [-0.2, -0.15) is 0 Å². The molecule has 0 aliphatic heterocycles. The van der Waals surface area contributed by atoms with Crippen LogP contribution in [0.5, 0.6) is 0 Å². The molecule has 0 aliphatic carbocycles. The molecule has 1 heterocycles. The van der Waals surface area contributed by atoms with Crippen LogP contribution in [0.3, 0.4) is 0 Å². The second-order valence-electron chi connectivity index (χ2n) is 5.64. The molecule has 0 spiro atoms. The van der Waals surface area contributed by atoms with Crippen LogP contribution >= 0.6 is 11.3 Å². The molecular weight excluding hydrogens is 424 g/mol. The van der Waals surface area contributed by atoms with Gasteiger partial charge in [-0.15, -0.1) is 11.3 Å². The standard InChI is InChI=1S/C18H13F2N3O4S2/c19-14-8-7-13(10-15(14)20)29(26,27)23-12-5-3-11(4-6-12)17(24)21-22-18(25)16-2-1-9-28-16/h1-10,23H,(H,21,24)(H,22,25). The van der Waals surface area contributed by atoms with E-state index in [4.69, 9.17) is 0 Å². The highest BCUT2D eigenvalue weighted by atomic mass is 32.2. The lowest BCUT2D eigenvalue weighted by molar-refractivity contribution is 0.0849. The minimum absolute atomic E-state index is 0.105. The lowest BCUT2D eigenvalue weighted by atomic mass is 10.2. The van der Waals surface area contributed by atoms with Gasteiger partial charge in [0.1, 0.15) is 0 Å². The number of thiophene rings is 1. The number of sulfonamides is 1. The molecule has 150 valence electrons. The number of carbonyl (C=O) groups excluding carboxylic acids is 2. The number of halogens is 2. The summed E-state index contributed by atoms with van der Waals surface area (Å²) >= 11 is 1.21. The second-order valence-corrected chi connectivity index (χ2v) is 8.27. The predicted molar refractivity (Wildman–Crippen MR) is 103 cm³/mol. The van der Waals surface area contributed by atoms with Crippen molar-refractivity contribution >= 4 is 38.9 Å². The zero-order valence-electron chi connectivity index (χ0n) is 14.5. The number of hydrogen-bond acceptors (Lipinski definition) is 5. The van der Waals surface area contributed by atoms with Gasteiger partial charge in [0.25, 0.3) is 21.8 Å². The summed E-state index contributed by atoms with van der Waals surface area (Å²) in [6.45, 7) is 0. The van der Waals surface area contributed by atoms with Gasteiger partial charge in [-0.1, -0.05) is 6.07 Å². The van der Waals surface area contributed by atoms with Crippen molar-refractivity contribution < 1.29 is 26.8 Å². The second kappa shape index (κ2) is 8.37. The first-order chi connectivity index (χ1) is 13.8. The number of anilines is 1. The van der Waals surface area contributed by atoms with Crippen LogP contribution in [0.15, 0.2) is 64.9 Å². The molecule has 3 rings (SSSR count). The number of hydrogen-bond donors (Lipinski definition) is 3. The van der Waals surface area contributed by atoms with E-state index >= 15 is 0 Å². The lowest BCUT2D eigenvalue weighted by Crippen LogP contribution is -2.41. The average Bonchev–Trinajstić information content (AvgIpc) is 3.23. The lowest BCUT2D eigenvalue weighted by Gasteiger charge is -2.10. The van der Waals surface area contributed by atoms with Crippen molar-refractivity contribution in [2.75, 3.05) is 4.72 Å². The van der Waals surface area contributed by atoms with Crippen LogP contribution in [0.25, 0.3) is 0 Å². The van der Waals surface area contributed by atoms with E-state index in [9.17, 15) is 26.8 Å². The quantitative estimate of drug-likeness (QED) is 0.534. The fourth-order valence-corrected chi connectivity index (χ4v) is 3.89. The van der Waals surface area contributed by atoms with Crippen LogP contribution in [-0.2, 0) is 10.0 Å². The van der Waals surface area contributed by atoms with Gasteiger partial charge in [-0.25, -0.2) is 17.2 Å². The minimum atomic E-state index is -4.15. The first-order valence-electron chi connectivity index (χ1n) is 7.98. The maximum atomic E-state index is 13.3. The van der Waals surface area contributed by atoms with Crippen molar-refractivity contribution in [2.45, 2.75) is 4.90 Å². The molecular formula is C18H13F2N3O4S2. The number of hydrazine groups is 1. The smallest absolute Gasteiger partial charge is 0.279 e. The number of rotatable bonds is 5. The zero-order chi connectivity index (χ0) is 21.0. The molecule has 3 N–H and O–H groups in total. The largest absolute Gasteiger partial charge is 0.280 e. The van der Waals surface area contributed by atoms with Crippen molar-refractivity contribution in [2.24, 2.45) is 0 Å². The van der Waals surface area contributed by atoms with Gasteiger partial charge in [0.05, 0.1) is 9.77 Å². The molecule has 0 saturated carbocycles. The van der Waals surface area contributed by atoms with E-state index < -0.39 is 38.4 Å². The molecule has 0 radical (unpaired) electrons. The van der Waals surface area contributed by atoms with Crippen molar-refractivity contribution in [1.82, 2.24) is 10.9 Å². The Kier molecular flexibility index (Phi) is 5.89. The third kappa shape index (κ3) is 4.95. The summed E-state index contributed by atoms with van der Waals surface area (Å²) in [6.07, 6.45) is 0. The molecule has 1 aromatic heterocycles. The monoisotopic (exact) mass is 437 g/mol. The van der Waals surface area contributed by atoms with Crippen LogP contribution in [0.2, 0.25) is 0 Å². The summed E-state index contributed by atoms with van der Waals surface area (Å²) in [5.41, 5.74) is 4.77. The van der Waals surface area contributed by atoms with E-state index in [0.29, 0.717) is 17.0 Å².